The van der Waals surface area contributed by atoms with Gasteiger partial charge in [-0.3, -0.25) is 9.78 Å². The van der Waals surface area contributed by atoms with Gasteiger partial charge >= 0.3 is 6.36 Å². The topological polar surface area (TPSA) is 42.4 Å². The molecule has 0 radical (unpaired) electrons. The van der Waals surface area contributed by atoms with Gasteiger partial charge in [-0.05, 0) is 30.7 Å². The maximum absolute atomic E-state index is 12.5. The molecule has 0 aliphatic heterocycles. The van der Waals surface area contributed by atoms with Gasteiger partial charge in [-0.1, -0.05) is 18.2 Å². The number of pyridine rings is 1. The molecule has 0 saturated heterocycles. The number of carbonyl (C=O) groups is 1. The van der Waals surface area contributed by atoms with Gasteiger partial charge in [-0.25, -0.2) is 0 Å². The van der Waals surface area contributed by atoms with Gasteiger partial charge in [0.2, 0.25) is 0 Å². The summed E-state index contributed by atoms with van der Waals surface area (Å²) in [4.78, 5) is 17.8. The van der Waals surface area contributed by atoms with E-state index in [9.17, 15) is 18.0 Å². The molecule has 0 aliphatic carbocycles. The third-order valence-electron chi connectivity index (χ3n) is 3.41. The van der Waals surface area contributed by atoms with Crippen LogP contribution in [0.5, 0.6) is 5.75 Å². The third kappa shape index (κ3) is 4.21. The van der Waals surface area contributed by atoms with E-state index in [2.05, 4.69) is 9.72 Å². The molecule has 0 saturated carbocycles. The summed E-state index contributed by atoms with van der Waals surface area (Å²) in [6, 6.07) is 8.44. The van der Waals surface area contributed by atoms with Crippen LogP contribution in [-0.4, -0.2) is 29.2 Å². The van der Waals surface area contributed by atoms with E-state index in [0.717, 1.165) is 11.6 Å². The normalized spacial score (nSPS) is 12.6. The van der Waals surface area contributed by atoms with E-state index < -0.39 is 18.0 Å². The summed E-state index contributed by atoms with van der Waals surface area (Å²) in [6.45, 7) is 1.77. The van der Waals surface area contributed by atoms with Gasteiger partial charge < -0.3 is 9.64 Å². The van der Waals surface area contributed by atoms with Gasteiger partial charge in [-0.15, -0.1) is 13.2 Å². The number of amides is 1. The van der Waals surface area contributed by atoms with Crippen LogP contribution in [0.25, 0.3) is 0 Å². The van der Waals surface area contributed by atoms with Crippen LogP contribution in [0, 0.1) is 0 Å². The molecular weight excluding hydrogens is 309 g/mol. The number of nitrogens with zero attached hydrogens (tertiary/aromatic N) is 2. The summed E-state index contributed by atoms with van der Waals surface area (Å²) in [5, 5.41) is 0. The van der Waals surface area contributed by atoms with Crippen molar-refractivity contribution in [1.29, 1.82) is 0 Å². The smallest absolute Gasteiger partial charge is 0.405 e. The Kier molecular flexibility index (Phi) is 4.88. The molecule has 1 aromatic heterocycles. The molecule has 1 heterocycles. The van der Waals surface area contributed by atoms with Gasteiger partial charge in [0, 0.05) is 19.4 Å². The second-order valence-electron chi connectivity index (χ2n) is 4.92. The van der Waals surface area contributed by atoms with Crippen molar-refractivity contribution >= 4 is 5.91 Å². The number of hydrogen-bond donors (Lipinski definition) is 0. The highest BCUT2D eigenvalue weighted by atomic mass is 19.4. The van der Waals surface area contributed by atoms with Crippen LogP contribution in [0.4, 0.5) is 13.2 Å². The number of alkyl halides is 3. The van der Waals surface area contributed by atoms with Crippen LogP contribution in [-0.2, 0) is 0 Å². The van der Waals surface area contributed by atoms with Gasteiger partial charge in [0.1, 0.15) is 5.75 Å². The third-order valence-corrected chi connectivity index (χ3v) is 3.41. The number of hydrogen-bond acceptors (Lipinski definition) is 3. The number of aromatic nitrogens is 1. The lowest BCUT2D eigenvalue weighted by Crippen LogP contribution is -2.30. The first kappa shape index (κ1) is 16.8. The van der Waals surface area contributed by atoms with Crippen LogP contribution < -0.4 is 4.74 Å². The number of para-hydroxylation sites is 1. The lowest BCUT2D eigenvalue weighted by atomic mass is 10.1. The first-order valence-corrected chi connectivity index (χ1v) is 6.81. The van der Waals surface area contributed by atoms with Crippen molar-refractivity contribution < 1.29 is 22.7 Å². The van der Waals surface area contributed by atoms with Crippen molar-refractivity contribution in [2.75, 3.05) is 7.05 Å². The van der Waals surface area contributed by atoms with Crippen LogP contribution in [0.15, 0.2) is 48.8 Å². The fraction of sp³-hybridized carbons (Fsp3) is 0.250. The Balaban J connectivity index is 2.26. The molecule has 0 N–H and O–H groups in total. The lowest BCUT2D eigenvalue weighted by Gasteiger charge is -2.26. The summed E-state index contributed by atoms with van der Waals surface area (Å²) in [5.41, 5.74) is 0.626. The first-order chi connectivity index (χ1) is 10.8. The van der Waals surface area contributed by atoms with Crippen LogP contribution >= 0.6 is 0 Å². The Hall–Kier alpha value is -2.57. The minimum absolute atomic E-state index is 0.150. The molecule has 23 heavy (non-hydrogen) atoms. The Bertz CT molecular complexity index is 675. The van der Waals surface area contributed by atoms with Crippen molar-refractivity contribution in [3.05, 3.63) is 59.9 Å². The average molecular weight is 324 g/mol. The summed E-state index contributed by atoms with van der Waals surface area (Å²) in [5.74, 6) is -1.09. The minimum Gasteiger partial charge on any atom is -0.405 e. The Labute approximate surface area is 131 Å². The van der Waals surface area contributed by atoms with Crippen LogP contribution in [0.3, 0.4) is 0 Å². The number of carbonyl (C=O) groups excluding carboxylic acids is 1. The monoisotopic (exact) mass is 324 g/mol. The SMILES string of the molecule is C[C@@H](c1cccnc1)N(C)C(=O)c1ccccc1OC(F)(F)F. The van der Waals surface area contributed by atoms with E-state index in [4.69, 9.17) is 0 Å². The summed E-state index contributed by atoms with van der Waals surface area (Å²) < 4.78 is 41.3. The number of ether oxygens (including phenoxy) is 1. The summed E-state index contributed by atoms with van der Waals surface area (Å²) in [7, 11) is 1.52. The molecule has 1 aromatic carbocycles. The van der Waals surface area contributed by atoms with Gasteiger partial charge in [0.05, 0.1) is 11.6 Å². The van der Waals surface area contributed by atoms with E-state index in [1.165, 1.54) is 30.1 Å². The second-order valence-corrected chi connectivity index (χ2v) is 4.92. The molecule has 2 aromatic rings. The standard InChI is InChI=1S/C16H15F3N2O2/c1-11(12-6-5-9-20-10-12)21(2)15(22)13-7-3-4-8-14(13)23-16(17,18)19/h3-11H,1-2H3/t11-/m0/s1. The van der Waals surface area contributed by atoms with Crippen LogP contribution in [0.1, 0.15) is 28.9 Å². The molecule has 122 valence electrons. The molecule has 2 rings (SSSR count). The molecule has 0 spiro atoms. The van der Waals surface area contributed by atoms with Crippen molar-refractivity contribution in [3.63, 3.8) is 0 Å². The van der Waals surface area contributed by atoms with Gasteiger partial charge in [0.15, 0.2) is 0 Å². The van der Waals surface area contributed by atoms with E-state index in [0.29, 0.717) is 0 Å². The number of benzene rings is 1. The van der Waals surface area contributed by atoms with E-state index >= 15 is 0 Å². The maximum Gasteiger partial charge on any atom is 0.573 e. The van der Waals surface area contributed by atoms with Gasteiger partial charge in [-0.2, -0.15) is 0 Å². The Morgan fingerprint density at radius 1 is 1.22 bits per heavy atom. The maximum atomic E-state index is 12.5. The molecule has 4 nitrogen and oxygen atoms in total. The van der Waals surface area contributed by atoms with Crippen molar-refractivity contribution in [1.82, 2.24) is 9.88 Å². The van der Waals surface area contributed by atoms with Gasteiger partial charge in [0.25, 0.3) is 5.91 Å². The zero-order chi connectivity index (χ0) is 17.0. The highest BCUT2D eigenvalue weighted by molar-refractivity contribution is 5.97. The van der Waals surface area contributed by atoms with Crippen molar-refractivity contribution in [2.45, 2.75) is 19.3 Å². The highest BCUT2D eigenvalue weighted by Crippen LogP contribution is 2.28. The largest absolute Gasteiger partial charge is 0.573 e. The molecule has 0 unspecified atom stereocenters. The lowest BCUT2D eigenvalue weighted by molar-refractivity contribution is -0.274. The molecular formula is C16H15F3N2O2. The first-order valence-electron chi connectivity index (χ1n) is 6.81. The van der Waals surface area contributed by atoms with E-state index in [1.807, 2.05) is 0 Å². The predicted molar refractivity (Wildman–Crippen MR) is 77.9 cm³/mol. The number of rotatable bonds is 4. The molecule has 0 bridgehead atoms. The minimum atomic E-state index is -4.86. The Morgan fingerprint density at radius 2 is 1.91 bits per heavy atom. The fourth-order valence-electron chi connectivity index (χ4n) is 2.07. The van der Waals surface area contributed by atoms with E-state index in [-0.39, 0.29) is 11.6 Å². The molecule has 0 aliphatic rings. The molecule has 7 heteroatoms. The summed E-state index contributed by atoms with van der Waals surface area (Å²) >= 11 is 0. The van der Waals surface area contributed by atoms with Crippen molar-refractivity contribution in [3.8, 4) is 5.75 Å². The molecule has 1 amide bonds. The fourth-order valence-corrected chi connectivity index (χ4v) is 2.07. The van der Waals surface area contributed by atoms with E-state index in [1.54, 1.807) is 31.5 Å². The quantitative estimate of drug-likeness (QED) is 0.859. The molecule has 1 atom stereocenters. The predicted octanol–water partition coefficient (Wildman–Crippen LogP) is 3.81. The Morgan fingerprint density at radius 3 is 2.52 bits per heavy atom. The highest BCUT2D eigenvalue weighted by Gasteiger charge is 2.33. The summed E-state index contributed by atoms with van der Waals surface area (Å²) in [6.07, 6.45) is -1.65. The zero-order valence-electron chi connectivity index (χ0n) is 12.5. The second kappa shape index (κ2) is 6.68. The average Bonchev–Trinajstić information content (AvgIpc) is 2.52. The zero-order valence-corrected chi connectivity index (χ0v) is 12.5. The van der Waals surface area contributed by atoms with Crippen molar-refractivity contribution in [2.24, 2.45) is 0 Å². The number of halogens is 3. The molecule has 0 fully saturated rings. The van der Waals surface area contributed by atoms with Crippen LogP contribution in [0.2, 0.25) is 0 Å².